The van der Waals surface area contributed by atoms with E-state index in [0.29, 0.717) is 6.54 Å². The second-order valence-corrected chi connectivity index (χ2v) is 6.51. The number of aliphatic hydroxyl groups excluding tert-OH is 2. The van der Waals surface area contributed by atoms with Crippen LogP contribution in [-0.2, 0) is 0 Å². The van der Waals surface area contributed by atoms with Crippen molar-refractivity contribution >= 4 is 16.9 Å². The zero-order valence-electron chi connectivity index (χ0n) is 11.8. The normalized spacial score (nSPS) is 32.3. The highest BCUT2D eigenvalue weighted by atomic mass is 32.2. The first-order chi connectivity index (χ1) is 9.24. The van der Waals surface area contributed by atoms with Gasteiger partial charge in [-0.3, -0.25) is 4.99 Å². The molecule has 2 heterocycles. The van der Waals surface area contributed by atoms with Gasteiger partial charge in [0.25, 0.3) is 0 Å². The van der Waals surface area contributed by atoms with Gasteiger partial charge in [-0.25, -0.2) is 0 Å². The monoisotopic (exact) mass is 286 g/mol. The molecule has 0 radical (unpaired) electrons. The van der Waals surface area contributed by atoms with Crippen molar-refractivity contribution in [1.82, 2.24) is 4.90 Å². The lowest BCUT2D eigenvalue weighted by Gasteiger charge is -2.17. The molecule has 0 amide bonds. The second kappa shape index (κ2) is 7.50. The Balaban J connectivity index is 1.67. The molecule has 0 aliphatic carbocycles. The lowest BCUT2D eigenvalue weighted by Crippen LogP contribution is -2.34. The Bertz CT molecular complexity index is 312. The van der Waals surface area contributed by atoms with Gasteiger partial charge in [0.15, 0.2) is 5.17 Å². The molecule has 0 aromatic rings. The highest BCUT2D eigenvalue weighted by Crippen LogP contribution is 2.32. The van der Waals surface area contributed by atoms with E-state index >= 15 is 0 Å². The number of nitrogens with zero attached hydrogens (tertiary/aromatic N) is 2. The summed E-state index contributed by atoms with van der Waals surface area (Å²) in [6.45, 7) is 3.65. The Morgan fingerprint density at radius 2 is 1.95 bits per heavy atom. The van der Waals surface area contributed by atoms with Gasteiger partial charge in [0, 0.05) is 18.8 Å². The summed E-state index contributed by atoms with van der Waals surface area (Å²) < 4.78 is 0. The number of amidine groups is 1. The Labute approximate surface area is 120 Å². The molecule has 2 aliphatic heterocycles. The minimum atomic E-state index is -0.606. The molecule has 2 rings (SSSR count). The first kappa shape index (κ1) is 15.1. The van der Waals surface area contributed by atoms with Crippen LogP contribution < -0.4 is 0 Å². The van der Waals surface area contributed by atoms with Gasteiger partial charge in [0.05, 0.1) is 12.1 Å². The Morgan fingerprint density at radius 3 is 2.74 bits per heavy atom. The van der Waals surface area contributed by atoms with Gasteiger partial charge >= 0.3 is 0 Å². The van der Waals surface area contributed by atoms with Gasteiger partial charge in [-0.2, -0.15) is 0 Å². The molecule has 0 spiro atoms. The van der Waals surface area contributed by atoms with Crippen LogP contribution in [-0.4, -0.2) is 57.4 Å². The first-order valence-corrected chi connectivity index (χ1v) is 8.52. The smallest absolute Gasteiger partial charge is 0.159 e. The Morgan fingerprint density at radius 1 is 1.21 bits per heavy atom. The molecule has 5 heteroatoms. The fraction of sp³-hybridized carbons (Fsp3) is 0.929. The zero-order chi connectivity index (χ0) is 13.7. The fourth-order valence-electron chi connectivity index (χ4n) is 2.74. The summed E-state index contributed by atoms with van der Waals surface area (Å²) in [5.74, 6) is 0.855. The maximum atomic E-state index is 9.82. The summed E-state index contributed by atoms with van der Waals surface area (Å²) in [4.78, 5) is 6.72. The van der Waals surface area contributed by atoms with E-state index in [1.807, 2.05) is 0 Å². The number of thioether (sulfide) groups is 1. The van der Waals surface area contributed by atoms with Crippen molar-refractivity contribution in [2.24, 2.45) is 4.99 Å². The maximum absolute atomic E-state index is 9.82. The Kier molecular flexibility index (Phi) is 5.98. The molecule has 0 bridgehead atoms. The van der Waals surface area contributed by atoms with Crippen LogP contribution in [0.15, 0.2) is 4.99 Å². The molecule has 4 nitrogen and oxygen atoms in total. The predicted molar refractivity (Wildman–Crippen MR) is 80.6 cm³/mol. The maximum Gasteiger partial charge on any atom is 0.159 e. The largest absolute Gasteiger partial charge is 0.388 e. The van der Waals surface area contributed by atoms with Crippen molar-refractivity contribution in [3.63, 3.8) is 0 Å². The average Bonchev–Trinajstić information content (AvgIpc) is 2.91. The summed E-state index contributed by atoms with van der Waals surface area (Å²) in [5.41, 5.74) is 0. The molecule has 2 N–H and O–H groups in total. The number of fused-ring (bicyclic) bond motifs is 1. The predicted octanol–water partition coefficient (Wildman–Crippen LogP) is 1.86. The summed E-state index contributed by atoms with van der Waals surface area (Å²) in [7, 11) is 0. The highest BCUT2D eigenvalue weighted by molar-refractivity contribution is 8.14. The third-order valence-electron chi connectivity index (χ3n) is 3.96. The second-order valence-electron chi connectivity index (χ2n) is 5.52. The molecule has 0 aromatic heterocycles. The fourth-order valence-corrected chi connectivity index (χ4v) is 4.00. The molecule has 0 aromatic carbocycles. The van der Waals surface area contributed by atoms with E-state index in [-0.39, 0.29) is 6.04 Å². The molecule has 3 atom stereocenters. The van der Waals surface area contributed by atoms with Crippen molar-refractivity contribution in [3.05, 3.63) is 0 Å². The standard InChI is InChI=1S/C14H26N2O2S/c1-2-3-4-5-6-7-8-15-14-16-9-12(17)13(18)11(16)10-19-14/h11-13,17-18H,2-10H2,1H3/t11-,12-,13-/m0/s1. The number of aliphatic hydroxyl groups is 2. The van der Waals surface area contributed by atoms with Crippen LogP contribution in [0.25, 0.3) is 0 Å². The van der Waals surface area contributed by atoms with Gasteiger partial charge in [-0.1, -0.05) is 50.8 Å². The van der Waals surface area contributed by atoms with Crippen LogP contribution >= 0.6 is 11.8 Å². The van der Waals surface area contributed by atoms with Crippen LogP contribution in [0.3, 0.4) is 0 Å². The number of hydrogen-bond acceptors (Lipinski definition) is 4. The molecule has 110 valence electrons. The SMILES string of the molecule is CCCCCCCCN=C1SC[C@H]2[C@H](O)[C@@H](O)CN12. The third-order valence-corrected chi connectivity index (χ3v) is 5.09. The van der Waals surface area contributed by atoms with Gasteiger partial charge in [0.1, 0.15) is 6.10 Å². The summed E-state index contributed by atoms with van der Waals surface area (Å²) in [6, 6.07) is 0.0725. The van der Waals surface area contributed by atoms with Gasteiger partial charge < -0.3 is 15.1 Å². The average molecular weight is 286 g/mol. The van der Waals surface area contributed by atoms with Crippen LogP contribution in [0, 0.1) is 0 Å². The first-order valence-electron chi connectivity index (χ1n) is 7.54. The van der Waals surface area contributed by atoms with Crippen molar-refractivity contribution < 1.29 is 10.2 Å². The van der Waals surface area contributed by atoms with E-state index in [0.717, 1.165) is 23.9 Å². The third kappa shape index (κ3) is 3.86. The number of unbranched alkanes of at least 4 members (excludes halogenated alkanes) is 5. The Hall–Kier alpha value is -0.260. The molecule has 0 saturated carbocycles. The molecular weight excluding hydrogens is 260 g/mol. The van der Waals surface area contributed by atoms with Crippen LogP contribution in [0.4, 0.5) is 0 Å². The minimum Gasteiger partial charge on any atom is -0.388 e. The van der Waals surface area contributed by atoms with Crippen LogP contribution in [0.5, 0.6) is 0 Å². The topological polar surface area (TPSA) is 56.1 Å². The molecule has 19 heavy (non-hydrogen) atoms. The van der Waals surface area contributed by atoms with E-state index in [2.05, 4.69) is 16.8 Å². The van der Waals surface area contributed by atoms with Crippen LogP contribution in [0.2, 0.25) is 0 Å². The molecule has 2 aliphatic rings. The number of rotatable bonds is 7. The van der Waals surface area contributed by atoms with E-state index in [4.69, 9.17) is 0 Å². The van der Waals surface area contributed by atoms with Gasteiger partial charge in [-0.05, 0) is 6.42 Å². The van der Waals surface area contributed by atoms with E-state index in [1.54, 1.807) is 11.8 Å². The lowest BCUT2D eigenvalue weighted by molar-refractivity contribution is 0.0437. The quantitative estimate of drug-likeness (QED) is 0.701. The molecular formula is C14H26N2O2S. The lowest BCUT2D eigenvalue weighted by atomic mass is 10.1. The minimum absolute atomic E-state index is 0.0725. The summed E-state index contributed by atoms with van der Waals surface area (Å²) in [5, 5.41) is 20.5. The van der Waals surface area contributed by atoms with Gasteiger partial charge in [0.2, 0.25) is 0 Å². The van der Waals surface area contributed by atoms with Crippen LogP contribution in [0.1, 0.15) is 45.4 Å². The number of aliphatic imine (C=N–C) groups is 1. The summed E-state index contributed by atoms with van der Waals surface area (Å²) >= 11 is 1.72. The van der Waals surface area contributed by atoms with Crippen molar-refractivity contribution in [1.29, 1.82) is 0 Å². The van der Waals surface area contributed by atoms with E-state index in [1.165, 1.54) is 32.1 Å². The van der Waals surface area contributed by atoms with Crippen molar-refractivity contribution in [2.45, 2.75) is 63.7 Å². The molecule has 0 unspecified atom stereocenters. The van der Waals surface area contributed by atoms with Crippen molar-refractivity contribution in [3.8, 4) is 0 Å². The molecule has 2 fully saturated rings. The van der Waals surface area contributed by atoms with E-state index in [9.17, 15) is 10.2 Å². The van der Waals surface area contributed by atoms with Gasteiger partial charge in [-0.15, -0.1) is 0 Å². The highest BCUT2D eigenvalue weighted by Gasteiger charge is 2.45. The number of hydrogen-bond donors (Lipinski definition) is 2. The molecule has 2 saturated heterocycles. The summed E-state index contributed by atoms with van der Waals surface area (Å²) in [6.07, 6.45) is 6.49. The van der Waals surface area contributed by atoms with Crippen molar-refractivity contribution in [2.75, 3.05) is 18.8 Å². The van der Waals surface area contributed by atoms with E-state index < -0.39 is 12.2 Å². The zero-order valence-corrected chi connectivity index (χ0v) is 12.6.